The molecule has 1 atom stereocenters. The van der Waals surface area contributed by atoms with Crippen molar-refractivity contribution in [3.63, 3.8) is 0 Å². The lowest BCUT2D eigenvalue weighted by molar-refractivity contribution is 0.160. The third kappa shape index (κ3) is 6.61. The summed E-state index contributed by atoms with van der Waals surface area (Å²) in [6.45, 7) is 4.91. The predicted octanol–water partition coefficient (Wildman–Crippen LogP) is 7.52. The molecule has 0 spiro atoms. The Morgan fingerprint density at radius 2 is 1.78 bits per heavy atom. The van der Waals surface area contributed by atoms with E-state index in [9.17, 15) is 9.59 Å². The van der Waals surface area contributed by atoms with E-state index in [4.69, 9.17) is 4.98 Å². The Kier molecular flexibility index (Phi) is 9.78. The molecule has 0 bridgehead atoms. The maximum Gasteiger partial charge on any atom is 0.318 e. The van der Waals surface area contributed by atoms with Crippen molar-refractivity contribution in [3.05, 3.63) is 69.2 Å². The Balaban J connectivity index is 1.79. The molecule has 1 unspecified atom stereocenters. The van der Waals surface area contributed by atoms with Crippen molar-refractivity contribution >= 4 is 32.9 Å². The number of carbonyl (C=O) groups excluding carboxylic acids is 1. The van der Waals surface area contributed by atoms with Gasteiger partial charge in [-0.25, -0.2) is 9.78 Å². The van der Waals surface area contributed by atoms with Crippen LogP contribution in [0.1, 0.15) is 89.9 Å². The molecule has 1 aliphatic rings. The van der Waals surface area contributed by atoms with Crippen LogP contribution in [0.5, 0.6) is 0 Å². The maximum absolute atomic E-state index is 13.9. The minimum absolute atomic E-state index is 0.0417. The van der Waals surface area contributed by atoms with Crippen molar-refractivity contribution in [1.82, 2.24) is 19.8 Å². The molecule has 6 nitrogen and oxygen atoms in total. The fraction of sp³-hybridized carbons (Fsp3) is 0.500. The summed E-state index contributed by atoms with van der Waals surface area (Å²) in [5, 5.41) is 3.90. The summed E-state index contributed by atoms with van der Waals surface area (Å²) < 4.78 is 2.65. The molecular weight excluding hydrogens is 528 g/mol. The van der Waals surface area contributed by atoms with E-state index in [1.54, 1.807) is 4.57 Å². The molecule has 0 radical (unpaired) electrons. The van der Waals surface area contributed by atoms with Crippen LogP contribution in [0.2, 0.25) is 0 Å². The lowest BCUT2D eigenvalue weighted by Crippen LogP contribution is -2.48. The van der Waals surface area contributed by atoms with Crippen molar-refractivity contribution in [2.45, 2.75) is 90.1 Å². The Bertz CT molecular complexity index is 1230. The van der Waals surface area contributed by atoms with E-state index in [1.165, 1.54) is 6.42 Å². The first kappa shape index (κ1) is 27.4. The Morgan fingerprint density at radius 3 is 2.49 bits per heavy atom. The van der Waals surface area contributed by atoms with Crippen molar-refractivity contribution in [2.24, 2.45) is 0 Å². The molecule has 1 aromatic heterocycles. The van der Waals surface area contributed by atoms with Crippen molar-refractivity contribution in [3.8, 4) is 5.69 Å². The van der Waals surface area contributed by atoms with Gasteiger partial charge in [-0.05, 0) is 62.1 Å². The van der Waals surface area contributed by atoms with Gasteiger partial charge in [0.1, 0.15) is 5.82 Å². The smallest absolute Gasteiger partial charge is 0.318 e. The second-order valence-corrected chi connectivity index (χ2v) is 11.0. The Labute approximate surface area is 228 Å². The normalized spacial score (nSPS) is 15.0. The van der Waals surface area contributed by atoms with Crippen molar-refractivity contribution in [1.29, 1.82) is 0 Å². The predicted molar refractivity (Wildman–Crippen MR) is 154 cm³/mol. The molecule has 1 N–H and O–H groups in total. The number of aromatic nitrogens is 2. The fourth-order valence-corrected chi connectivity index (χ4v) is 5.63. The number of benzene rings is 2. The average molecular weight is 568 g/mol. The lowest BCUT2D eigenvalue weighted by atomic mass is 9.95. The van der Waals surface area contributed by atoms with E-state index in [0.29, 0.717) is 29.7 Å². The van der Waals surface area contributed by atoms with Crippen molar-refractivity contribution < 1.29 is 4.79 Å². The molecule has 2 aromatic carbocycles. The van der Waals surface area contributed by atoms with Crippen LogP contribution < -0.4 is 10.9 Å². The van der Waals surface area contributed by atoms with Gasteiger partial charge in [0.05, 0.1) is 22.6 Å². The zero-order valence-corrected chi connectivity index (χ0v) is 23.7. The molecule has 1 fully saturated rings. The monoisotopic (exact) mass is 566 g/mol. The van der Waals surface area contributed by atoms with Gasteiger partial charge >= 0.3 is 6.03 Å². The minimum Gasteiger partial charge on any atom is -0.335 e. The van der Waals surface area contributed by atoms with Gasteiger partial charge in [-0.1, -0.05) is 80.4 Å². The molecule has 1 heterocycles. The molecule has 198 valence electrons. The number of carbonyl (C=O) groups is 1. The van der Waals surface area contributed by atoms with Crippen LogP contribution in [0, 0.1) is 0 Å². The van der Waals surface area contributed by atoms with Crippen LogP contribution in [-0.4, -0.2) is 33.1 Å². The summed E-state index contributed by atoms with van der Waals surface area (Å²) in [5.41, 5.74) is 1.30. The Morgan fingerprint density at radius 1 is 1.05 bits per heavy atom. The number of para-hydroxylation sites is 1. The topological polar surface area (TPSA) is 67.2 Å². The summed E-state index contributed by atoms with van der Waals surface area (Å²) in [7, 11) is 0. The largest absolute Gasteiger partial charge is 0.335 e. The standard InChI is InChI=1S/C30H39BrN4O2/c1-3-5-6-12-21-34(30(37)32-23-13-8-7-9-14-23)27(4-2)28-33-26-16-11-10-15-25(26)29(36)35(28)24-19-17-22(31)18-20-24/h10-11,15-20,23,27H,3-9,12-14,21H2,1-2H3,(H,32,37). The number of hydrogen-bond acceptors (Lipinski definition) is 3. The van der Waals surface area contributed by atoms with E-state index in [1.807, 2.05) is 53.4 Å². The lowest BCUT2D eigenvalue weighted by Gasteiger charge is -2.34. The number of hydrogen-bond donors (Lipinski definition) is 1. The summed E-state index contributed by atoms with van der Waals surface area (Å²) in [6, 6.07) is 15.0. The quantitative estimate of drug-likeness (QED) is 0.258. The number of fused-ring (bicyclic) bond motifs is 1. The van der Waals surface area contributed by atoms with Gasteiger partial charge in [-0.3, -0.25) is 9.36 Å². The van der Waals surface area contributed by atoms with Crippen LogP contribution in [0.4, 0.5) is 4.79 Å². The summed E-state index contributed by atoms with van der Waals surface area (Å²) in [6.07, 6.45) is 10.6. The number of rotatable bonds is 10. The third-order valence-electron chi connectivity index (χ3n) is 7.39. The van der Waals surface area contributed by atoms with Gasteiger partial charge < -0.3 is 10.2 Å². The van der Waals surface area contributed by atoms with Gasteiger partial charge in [0.2, 0.25) is 0 Å². The number of unbranched alkanes of at least 4 members (excludes halogenated alkanes) is 3. The van der Waals surface area contributed by atoms with Gasteiger partial charge in [0, 0.05) is 17.1 Å². The zero-order valence-electron chi connectivity index (χ0n) is 22.1. The number of halogens is 1. The second kappa shape index (κ2) is 13.2. The zero-order chi connectivity index (χ0) is 26.2. The molecular formula is C30H39BrN4O2. The van der Waals surface area contributed by atoms with Crippen LogP contribution >= 0.6 is 15.9 Å². The number of nitrogens with one attached hydrogen (secondary N) is 1. The molecule has 1 aliphatic carbocycles. The van der Waals surface area contributed by atoms with Gasteiger partial charge in [-0.2, -0.15) is 0 Å². The van der Waals surface area contributed by atoms with Crippen LogP contribution in [0.3, 0.4) is 0 Å². The maximum atomic E-state index is 13.9. The van der Waals surface area contributed by atoms with Crippen molar-refractivity contribution in [2.75, 3.05) is 6.54 Å². The first-order valence-electron chi connectivity index (χ1n) is 13.9. The highest BCUT2D eigenvalue weighted by Crippen LogP contribution is 2.28. The van der Waals surface area contributed by atoms with E-state index in [-0.39, 0.29) is 23.7 Å². The minimum atomic E-state index is -0.328. The first-order valence-corrected chi connectivity index (χ1v) is 14.7. The average Bonchev–Trinajstić information content (AvgIpc) is 2.92. The number of nitrogens with zero attached hydrogens (tertiary/aromatic N) is 3. The third-order valence-corrected chi connectivity index (χ3v) is 7.92. The fourth-order valence-electron chi connectivity index (χ4n) is 5.37. The number of amides is 2. The summed E-state index contributed by atoms with van der Waals surface area (Å²) in [4.78, 5) is 34.6. The van der Waals surface area contributed by atoms with Crippen LogP contribution in [0.15, 0.2) is 57.8 Å². The molecule has 0 saturated heterocycles. The van der Waals surface area contributed by atoms with E-state index in [0.717, 1.165) is 61.5 Å². The highest BCUT2D eigenvalue weighted by molar-refractivity contribution is 9.10. The van der Waals surface area contributed by atoms with Crippen LogP contribution in [-0.2, 0) is 0 Å². The molecule has 0 aliphatic heterocycles. The SMILES string of the molecule is CCCCCCN(C(=O)NC1CCCCC1)C(CC)c1nc2ccccc2c(=O)n1-c1ccc(Br)cc1. The van der Waals surface area contributed by atoms with Gasteiger partial charge in [0.15, 0.2) is 0 Å². The molecule has 7 heteroatoms. The van der Waals surface area contributed by atoms with E-state index in [2.05, 4.69) is 35.1 Å². The van der Waals surface area contributed by atoms with E-state index >= 15 is 0 Å². The molecule has 3 aromatic rings. The first-order chi connectivity index (χ1) is 18.0. The molecule has 1 saturated carbocycles. The highest BCUT2D eigenvalue weighted by atomic mass is 79.9. The van der Waals surface area contributed by atoms with E-state index < -0.39 is 0 Å². The molecule has 4 rings (SSSR count). The Hall–Kier alpha value is -2.67. The summed E-state index contributed by atoms with van der Waals surface area (Å²) in [5.74, 6) is 0.614. The van der Waals surface area contributed by atoms with Gasteiger partial charge in [-0.15, -0.1) is 0 Å². The van der Waals surface area contributed by atoms with Crippen LogP contribution in [0.25, 0.3) is 16.6 Å². The highest BCUT2D eigenvalue weighted by Gasteiger charge is 2.30. The summed E-state index contributed by atoms with van der Waals surface area (Å²) >= 11 is 3.50. The second-order valence-electron chi connectivity index (χ2n) is 10.1. The molecule has 2 amide bonds. The molecule has 37 heavy (non-hydrogen) atoms. The number of urea groups is 1. The van der Waals surface area contributed by atoms with Gasteiger partial charge in [0.25, 0.3) is 5.56 Å².